The van der Waals surface area contributed by atoms with Crippen molar-refractivity contribution in [1.29, 1.82) is 0 Å². The molecule has 1 aromatic carbocycles. The summed E-state index contributed by atoms with van der Waals surface area (Å²) < 4.78 is 23.2. The Balaban J connectivity index is 1.89. The zero-order valence-corrected chi connectivity index (χ0v) is 15.8. The number of fused-ring (bicyclic) bond motifs is 1. The van der Waals surface area contributed by atoms with Crippen LogP contribution in [-0.4, -0.2) is 43.7 Å². The van der Waals surface area contributed by atoms with E-state index in [1.165, 1.54) is 0 Å². The largest absolute Gasteiger partial charge is 0.494 e. The summed E-state index contributed by atoms with van der Waals surface area (Å²) in [5.41, 5.74) is 0.704. The molecule has 1 aromatic rings. The van der Waals surface area contributed by atoms with Crippen LogP contribution in [0.4, 0.5) is 10.5 Å². The number of rotatable bonds is 2. The molecule has 1 saturated heterocycles. The van der Waals surface area contributed by atoms with Crippen LogP contribution in [0.1, 0.15) is 41.5 Å². The number of carbonyl (C=O) groups excluding carboxylic acids is 1. The molecule has 3 rings (SSSR count). The van der Waals surface area contributed by atoms with E-state index in [1.54, 1.807) is 4.90 Å². The molecule has 0 spiro atoms. The van der Waals surface area contributed by atoms with Gasteiger partial charge in [0.1, 0.15) is 12.4 Å². The van der Waals surface area contributed by atoms with E-state index in [4.69, 9.17) is 18.8 Å². The monoisotopic (exact) mass is 347 g/mol. The van der Waals surface area contributed by atoms with Crippen molar-refractivity contribution in [1.82, 2.24) is 0 Å². The molecule has 136 valence electrons. The fraction of sp³-hybridized carbons (Fsp3) is 0.611. The molecule has 0 atom stereocenters. The number of carbonyl (C=O) groups is 1. The fourth-order valence-electron chi connectivity index (χ4n) is 2.82. The third kappa shape index (κ3) is 3.35. The van der Waals surface area contributed by atoms with E-state index < -0.39 is 18.3 Å². The minimum atomic E-state index is -0.486. The maximum atomic E-state index is 12.4. The number of benzene rings is 1. The van der Waals surface area contributed by atoms with E-state index in [0.29, 0.717) is 24.6 Å². The number of ether oxygens (including phenoxy) is 2. The van der Waals surface area contributed by atoms with Crippen molar-refractivity contribution in [2.75, 3.05) is 18.1 Å². The molecule has 1 amide bonds. The first-order valence-electron chi connectivity index (χ1n) is 8.71. The smallest absolute Gasteiger partial charge is 0.490 e. The number of nitrogens with zero attached hydrogens (tertiary/aromatic N) is 1. The van der Waals surface area contributed by atoms with Gasteiger partial charge in [-0.3, -0.25) is 4.90 Å². The molecule has 0 unspecified atom stereocenters. The van der Waals surface area contributed by atoms with Gasteiger partial charge >= 0.3 is 13.2 Å². The molecule has 1 fully saturated rings. The topological polar surface area (TPSA) is 57.2 Å². The standard InChI is InChI=1S/C18H26BNO5/c1-12(2)23-16(21)20-9-10-22-15-8-7-13(11-14(15)20)19-24-17(3,4)18(5,6)25-19/h7-8,11-12H,9-10H2,1-6H3. The molecule has 0 aliphatic carbocycles. The van der Waals surface area contributed by atoms with Crippen molar-refractivity contribution in [2.45, 2.75) is 58.8 Å². The second-order valence-corrected chi connectivity index (χ2v) is 7.75. The lowest BCUT2D eigenvalue weighted by atomic mass is 9.78. The van der Waals surface area contributed by atoms with Crippen molar-refractivity contribution in [2.24, 2.45) is 0 Å². The highest BCUT2D eigenvalue weighted by atomic mass is 16.7. The second-order valence-electron chi connectivity index (χ2n) is 7.75. The van der Waals surface area contributed by atoms with Gasteiger partial charge in [-0.15, -0.1) is 0 Å². The predicted octanol–water partition coefficient (Wildman–Crippen LogP) is 2.73. The van der Waals surface area contributed by atoms with Gasteiger partial charge in [-0.2, -0.15) is 0 Å². The Morgan fingerprint density at radius 3 is 2.44 bits per heavy atom. The molecule has 2 aliphatic heterocycles. The Kier molecular flexibility index (Phi) is 4.49. The number of hydrogen-bond donors (Lipinski definition) is 0. The van der Waals surface area contributed by atoms with Gasteiger partial charge in [-0.05, 0) is 59.1 Å². The SMILES string of the molecule is CC(C)OC(=O)N1CCOc2ccc(B3OC(C)(C)C(C)(C)O3)cc21. The number of hydrogen-bond acceptors (Lipinski definition) is 5. The molecular formula is C18H26BNO5. The molecule has 0 saturated carbocycles. The average molecular weight is 347 g/mol. The third-order valence-corrected chi connectivity index (χ3v) is 4.93. The van der Waals surface area contributed by atoms with Crippen molar-refractivity contribution < 1.29 is 23.6 Å². The first kappa shape index (κ1) is 18.1. The molecule has 25 heavy (non-hydrogen) atoms. The van der Waals surface area contributed by atoms with Gasteiger partial charge in [0.25, 0.3) is 0 Å². The van der Waals surface area contributed by atoms with Crippen LogP contribution in [-0.2, 0) is 14.0 Å². The van der Waals surface area contributed by atoms with Crippen LogP contribution in [0.3, 0.4) is 0 Å². The van der Waals surface area contributed by atoms with Gasteiger partial charge in [-0.1, -0.05) is 6.07 Å². The first-order chi connectivity index (χ1) is 11.6. The second kappa shape index (κ2) is 6.22. The summed E-state index contributed by atoms with van der Waals surface area (Å²) in [5.74, 6) is 0.659. The minimum Gasteiger partial charge on any atom is -0.490 e. The minimum absolute atomic E-state index is 0.176. The normalized spacial score (nSPS) is 21.1. The lowest BCUT2D eigenvalue weighted by Gasteiger charge is -2.32. The molecule has 2 heterocycles. The van der Waals surface area contributed by atoms with E-state index in [1.807, 2.05) is 59.7 Å². The van der Waals surface area contributed by atoms with Crippen LogP contribution >= 0.6 is 0 Å². The van der Waals surface area contributed by atoms with Gasteiger partial charge in [-0.25, -0.2) is 4.79 Å². The van der Waals surface area contributed by atoms with Crippen molar-refractivity contribution in [3.05, 3.63) is 18.2 Å². The van der Waals surface area contributed by atoms with Crippen molar-refractivity contribution in [3.8, 4) is 5.75 Å². The zero-order valence-electron chi connectivity index (χ0n) is 15.8. The van der Waals surface area contributed by atoms with Crippen molar-refractivity contribution >= 4 is 24.4 Å². The Morgan fingerprint density at radius 1 is 1.20 bits per heavy atom. The van der Waals surface area contributed by atoms with Crippen LogP contribution in [0.25, 0.3) is 0 Å². The summed E-state index contributed by atoms with van der Waals surface area (Å²) in [4.78, 5) is 14.0. The average Bonchev–Trinajstić information content (AvgIpc) is 2.73. The van der Waals surface area contributed by atoms with Crippen LogP contribution < -0.4 is 15.1 Å². The zero-order chi connectivity index (χ0) is 18.4. The van der Waals surface area contributed by atoms with E-state index in [0.717, 1.165) is 5.46 Å². The summed E-state index contributed by atoms with van der Waals surface area (Å²) in [5, 5.41) is 0. The molecule has 0 bridgehead atoms. The van der Waals surface area contributed by atoms with Crippen LogP contribution in [0.15, 0.2) is 18.2 Å². The fourth-order valence-corrected chi connectivity index (χ4v) is 2.82. The molecule has 6 nitrogen and oxygen atoms in total. The quantitative estimate of drug-likeness (QED) is 0.770. The molecule has 2 aliphatic rings. The Labute approximate surface area is 149 Å². The Morgan fingerprint density at radius 2 is 1.84 bits per heavy atom. The van der Waals surface area contributed by atoms with Crippen LogP contribution in [0.2, 0.25) is 0 Å². The van der Waals surface area contributed by atoms with Crippen molar-refractivity contribution in [3.63, 3.8) is 0 Å². The summed E-state index contributed by atoms with van der Waals surface area (Å²) in [6.07, 6.45) is -0.546. The van der Waals surface area contributed by atoms with Gasteiger partial charge in [0, 0.05) is 0 Å². The van der Waals surface area contributed by atoms with E-state index >= 15 is 0 Å². The van der Waals surface area contributed by atoms with Gasteiger partial charge in [0.05, 0.1) is 29.5 Å². The first-order valence-corrected chi connectivity index (χ1v) is 8.71. The number of amides is 1. The summed E-state index contributed by atoms with van der Waals surface area (Å²) in [6, 6.07) is 5.65. The predicted molar refractivity (Wildman–Crippen MR) is 96.6 cm³/mol. The summed E-state index contributed by atoms with van der Waals surface area (Å²) >= 11 is 0. The molecular weight excluding hydrogens is 321 g/mol. The highest BCUT2D eigenvalue weighted by molar-refractivity contribution is 6.62. The maximum absolute atomic E-state index is 12.4. The third-order valence-electron chi connectivity index (χ3n) is 4.93. The maximum Gasteiger partial charge on any atom is 0.494 e. The Bertz CT molecular complexity index is 657. The Hall–Kier alpha value is -1.73. The molecule has 7 heteroatoms. The summed E-state index contributed by atoms with van der Waals surface area (Å²) in [6.45, 7) is 12.6. The summed E-state index contributed by atoms with van der Waals surface area (Å²) in [7, 11) is -0.486. The lowest BCUT2D eigenvalue weighted by molar-refractivity contribution is 0.00578. The van der Waals surface area contributed by atoms with E-state index in [-0.39, 0.29) is 12.2 Å². The number of anilines is 1. The van der Waals surface area contributed by atoms with Gasteiger partial charge in [0.15, 0.2) is 0 Å². The molecule has 0 N–H and O–H groups in total. The van der Waals surface area contributed by atoms with E-state index in [2.05, 4.69) is 0 Å². The highest BCUT2D eigenvalue weighted by Gasteiger charge is 2.51. The highest BCUT2D eigenvalue weighted by Crippen LogP contribution is 2.37. The molecule has 0 aromatic heterocycles. The molecule has 0 radical (unpaired) electrons. The lowest BCUT2D eigenvalue weighted by Crippen LogP contribution is -2.41. The van der Waals surface area contributed by atoms with E-state index in [9.17, 15) is 4.79 Å². The van der Waals surface area contributed by atoms with Crippen LogP contribution in [0.5, 0.6) is 5.75 Å². The van der Waals surface area contributed by atoms with Crippen LogP contribution in [0, 0.1) is 0 Å². The van der Waals surface area contributed by atoms with Gasteiger partial charge < -0.3 is 18.8 Å². The van der Waals surface area contributed by atoms with Gasteiger partial charge in [0.2, 0.25) is 0 Å².